The van der Waals surface area contributed by atoms with Gasteiger partial charge in [0.25, 0.3) is 0 Å². The molecule has 1 aliphatic heterocycles. The van der Waals surface area contributed by atoms with E-state index in [1.807, 2.05) is 0 Å². The lowest BCUT2D eigenvalue weighted by atomic mass is 10.2. The van der Waals surface area contributed by atoms with Crippen LogP contribution in [-0.4, -0.2) is 38.7 Å². The molecule has 8 heteroatoms. The second-order valence-electron chi connectivity index (χ2n) is 5.60. The van der Waals surface area contributed by atoms with Gasteiger partial charge >= 0.3 is 5.97 Å². The Hall–Kier alpha value is -2.71. The number of hydrogen-bond donors (Lipinski definition) is 0. The summed E-state index contributed by atoms with van der Waals surface area (Å²) in [7, 11) is -0.702. The molecule has 0 fully saturated rings. The summed E-state index contributed by atoms with van der Waals surface area (Å²) in [6, 6.07) is 9.57. The minimum atomic E-state index is -3.59. The highest BCUT2D eigenvalue weighted by molar-refractivity contribution is 7.89. The zero-order valence-electron chi connectivity index (χ0n) is 13.9. The third kappa shape index (κ3) is 3.40. The van der Waals surface area contributed by atoms with E-state index in [-0.39, 0.29) is 16.5 Å². The second kappa shape index (κ2) is 6.30. The standard InChI is InChI=1S/C17H16N2O5S/c1-11-7-8-13(23-11)10-15-17(20)24-16(18-15)12-5-4-6-14(9-12)25(21,22)19(2)3/h4-10H,1-3H3. The molecule has 0 radical (unpaired) electrons. The van der Waals surface area contributed by atoms with Crippen molar-refractivity contribution in [2.24, 2.45) is 4.99 Å². The topological polar surface area (TPSA) is 89.2 Å². The van der Waals surface area contributed by atoms with E-state index in [0.717, 1.165) is 4.31 Å². The molecule has 0 N–H and O–H groups in total. The fourth-order valence-electron chi connectivity index (χ4n) is 2.20. The molecule has 2 aromatic rings. The van der Waals surface area contributed by atoms with Crippen molar-refractivity contribution in [3.8, 4) is 0 Å². The zero-order valence-corrected chi connectivity index (χ0v) is 14.7. The van der Waals surface area contributed by atoms with Crippen molar-refractivity contribution in [1.82, 2.24) is 4.31 Å². The maximum absolute atomic E-state index is 12.2. The van der Waals surface area contributed by atoms with Crippen LogP contribution >= 0.6 is 0 Å². The van der Waals surface area contributed by atoms with E-state index in [9.17, 15) is 13.2 Å². The predicted molar refractivity (Wildman–Crippen MR) is 91.4 cm³/mol. The fraction of sp³-hybridized carbons (Fsp3) is 0.176. The maximum atomic E-state index is 12.2. The largest absolute Gasteiger partial charge is 0.462 e. The van der Waals surface area contributed by atoms with Crippen LogP contribution in [0.2, 0.25) is 0 Å². The van der Waals surface area contributed by atoms with Gasteiger partial charge in [-0.25, -0.2) is 22.5 Å². The number of aliphatic imine (C=N–C) groups is 1. The number of rotatable bonds is 4. The molecule has 25 heavy (non-hydrogen) atoms. The van der Waals surface area contributed by atoms with Crippen molar-refractivity contribution in [2.75, 3.05) is 14.1 Å². The summed E-state index contributed by atoms with van der Waals surface area (Å²) in [5, 5.41) is 0. The van der Waals surface area contributed by atoms with Crippen molar-refractivity contribution in [3.63, 3.8) is 0 Å². The van der Waals surface area contributed by atoms with Gasteiger partial charge in [-0.1, -0.05) is 6.07 Å². The van der Waals surface area contributed by atoms with E-state index in [4.69, 9.17) is 9.15 Å². The first kappa shape index (κ1) is 17.1. The first-order chi connectivity index (χ1) is 11.8. The number of aryl methyl sites for hydroxylation is 1. The van der Waals surface area contributed by atoms with Crippen LogP contribution in [0, 0.1) is 6.92 Å². The molecule has 0 saturated heterocycles. The first-order valence-electron chi connectivity index (χ1n) is 7.39. The number of hydrogen-bond acceptors (Lipinski definition) is 6. The molecule has 0 aliphatic carbocycles. The van der Waals surface area contributed by atoms with Crippen LogP contribution in [0.5, 0.6) is 0 Å². The molecule has 0 unspecified atom stereocenters. The Morgan fingerprint density at radius 1 is 1.16 bits per heavy atom. The summed E-state index contributed by atoms with van der Waals surface area (Å²) in [6.45, 7) is 1.79. The number of carbonyl (C=O) groups is 1. The van der Waals surface area contributed by atoms with Crippen LogP contribution in [0.4, 0.5) is 0 Å². The van der Waals surface area contributed by atoms with Crippen LogP contribution in [0.1, 0.15) is 17.1 Å². The monoisotopic (exact) mass is 360 g/mol. The lowest BCUT2D eigenvalue weighted by Gasteiger charge is -2.11. The Morgan fingerprint density at radius 2 is 1.92 bits per heavy atom. The Bertz CT molecular complexity index is 1000. The third-order valence-corrected chi connectivity index (χ3v) is 5.33. The molecule has 0 atom stereocenters. The van der Waals surface area contributed by atoms with Crippen LogP contribution < -0.4 is 0 Å². The fourth-order valence-corrected chi connectivity index (χ4v) is 3.15. The van der Waals surface area contributed by atoms with Gasteiger partial charge in [0.1, 0.15) is 11.5 Å². The Morgan fingerprint density at radius 3 is 2.56 bits per heavy atom. The van der Waals surface area contributed by atoms with E-state index in [2.05, 4.69) is 4.99 Å². The SMILES string of the molecule is Cc1ccc(C=C2N=C(c3cccc(S(=O)(=O)N(C)C)c3)OC2=O)o1. The quantitative estimate of drug-likeness (QED) is 0.616. The normalized spacial score (nSPS) is 16.4. The molecular weight excluding hydrogens is 344 g/mol. The number of ether oxygens (including phenoxy) is 1. The van der Waals surface area contributed by atoms with Gasteiger partial charge in [-0.15, -0.1) is 0 Å². The summed E-state index contributed by atoms with van der Waals surface area (Å²) in [5.41, 5.74) is 0.487. The molecule has 0 bridgehead atoms. The van der Waals surface area contributed by atoms with Crippen molar-refractivity contribution >= 4 is 28.0 Å². The van der Waals surface area contributed by atoms with Gasteiger partial charge in [-0.2, -0.15) is 0 Å². The number of benzene rings is 1. The highest BCUT2D eigenvalue weighted by atomic mass is 32.2. The Kier molecular flexibility index (Phi) is 4.32. The molecule has 1 aliphatic rings. The van der Waals surface area contributed by atoms with Gasteiger partial charge < -0.3 is 9.15 Å². The van der Waals surface area contributed by atoms with Crippen molar-refractivity contribution in [1.29, 1.82) is 0 Å². The first-order valence-corrected chi connectivity index (χ1v) is 8.83. The molecule has 3 rings (SSSR count). The lowest BCUT2D eigenvalue weighted by molar-refractivity contribution is -0.129. The second-order valence-corrected chi connectivity index (χ2v) is 7.75. The molecule has 0 saturated carbocycles. The van der Waals surface area contributed by atoms with Gasteiger partial charge in [0.15, 0.2) is 5.70 Å². The van der Waals surface area contributed by atoms with E-state index in [1.165, 1.54) is 32.3 Å². The molecule has 2 heterocycles. The average Bonchev–Trinajstić information content (AvgIpc) is 3.14. The summed E-state index contributed by atoms with van der Waals surface area (Å²) in [6.07, 6.45) is 1.47. The highest BCUT2D eigenvalue weighted by Crippen LogP contribution is 2.22. The number of cyclic esters (lactones) is 1. The lowest BCUT2D eigenvalue weighted by Crippen LogP contribution is -2.22. The molecule has 0 spiro atoms. The zero-order chi connectivity index (χ0) is 18.2. The van der Waals surface area contributed by atoms with E-state index in [1.54, 1.807) is 31.2 Å². The molecule has 7 nitrogen and oxygen atoms in total. The van der Waals surface area contributed by atoms with Gasteiger partial charge in [-0.3, -0.25) is 0 Å². The predicted octanol–water partition coefficient (Wildman–Crippen LogP) is 2.18. The van der Waals surface area contributed by atoms with Gasteiger partial charge in [0.05, 0.1) is 4.90 Å². The van der Waals surface area contributed by atoms with Crippen molar-refractivity contribution < 1.29 is 22.4 Å². The highest BCUT2D eigenvalue weighted by Gasteiger charge is 2.26. The van der Waals surface area contributed by atoms with Gasteiger partial charge in [-0.05, 0) is 37.3 Å². The molecule has 0 amide bonds. The number of sulfonamides is 1. The number of nitrogens with zero attached hydrogens (tertiary/aromatic N) is 2. The smallest absolute Gasteiger partial charge is 0.363 e. The number of furan rings is 1. The minimum Gasteiger partial charge on any atom is -0.462 e. The van der Waals surface area contributed by atoms with Crippen LogP contribution in [0.3, 0.4) is 0 Å². The molecular formula is C17H16N2O5S. The van der Waals surface area contributed by atoms with Gasteiger partial charge in [0, 0.05) is 25.7 Å². The van der Waals surface area contributed by atoms with E-state index < -0.39 is 16.0 Å². The van der Waals surface area contributed by atoms with E-state index in [0.29, 0.717) is 17.1 Å². The molecule has 130 valence electrons. The third-order valence-electron chi connectivity index (χ3n) is 3.52. The minimum absolute atomic E-state index is 0.0512. The van der Waals surface area contributed by atoms with Crippen LogP contribution in [-0.2, 0) is 19.6 Å². The van der Waals surface area contributed by atoms with Crippen molar-refractivity contribution in [3.05, 3.63) is 59.2 Å². The van der Waals surface area contributed by atoms with Crippen LogP contribution in [0.15, 0.2) is 56.4 Å². The van der Waals surface area contributed by atoms with Gasteiger partial charge in [0.2, 0.25) is 15.9 Å². The van der Waals surface area contributed by atoms with E-state index >= 15 is 0 Å². The number of esters is 1. The summed E-state index contributed by atoms with van der Waals surface area (Å²) < 4.78 is 36.1. The molecule has 1 aromatic heterocycles. The molecule has 1 aromatic carbocycles. The van der Waals surface area contributed by atoms with Crippen LogP contribution in [0.25, 0.3) is 6.08 Å². The Labute approximate surface area is 145 Å². The number of carbonyl (C=O) groups excluding carboxylic acids is 1. The van der Waals surface area contributed by atoms with Crippen molar-refractivity contribution in [2.45, 2.75) is 11.8 Å². The Balaban J connectivity index is 1.96. The summed E-state index contributed by atoms with van der Waals surface area (Å²) in [4.78, 5) is 16.2. The maximum Gasteiger partial charge on any atom is 0.363 e. The summed E-state index contributed by atoms with van der Waals surface area (Å²) in [5.74, 6) is 0.627. The average molecular weight is 360 g/mol. The summed E-state index contributed by atoms with van der Waals surface area (Å²) >= 11 is 0.